The van der Waals surface area contributed by atoms with Crippen LogP contribution in [0.25, 0.3) is 11.0 Å². The Labute approximate surface area is 228 Å². The Morgan fingerprint density at radius 2 is 2.00 bits per heavy atom. The Morgan fingerprint density at radius 1 is 1.21 bits per heavy atom. The molecule has 5 rings (SSSR count). The van der Waals surface area contributed by atoms with Crippen molar-refractivity contribution in [3.63, 3.8) is 0 Å². The molecule has 2 aliphatic heterocycles. The third-order valence-corrected chi connectivity index (χ3v) is 7.47. The summed E-state index contributed by atoms with van der Waals surface area (Å²) in [5, 5.41) is 12.6. The summed E-state index contributed by atoms with van der Waals surface area (Å²) in [5.74, 6) is 0.390. The number of nitrogens with one attached hydrogen (secondary N) is 1. The minimum absolute atomic E-state index is 0.0128. The summed E-state index contributed by atoms with van der Waals surface area (Å²) in [6, 6.07) is 8.67. The van der Waals surface area contributed by atoms with Crippen molar-refractivity contribution < 1.29 is 19.0 Å². The van der Waals surface area contributed by atoms with Gasteiger partial charge in [0, 0.05) is 63.1 Å². The standard InChI is InChI=1S/C29H37FN6O3/c1-19(18-37)31-16-20-11-22(30)15-23(12-20)36-6-4-5-26(36)24-13-21(29(38)34(2)3)14-25-28(24)33-27(17-32-25)35-7-9-39-10-8-35/h11-15,17,19,26,31,37H,4-10,16,18H2,1-3H3. The van der Waals surface area contributed by atoms with Crippen LogP contribution in [0.5, 0.6) is 0 Å². The Bertz CT molecular complexity index is 1330. The van der Waals surface area contributed by atoms with Gasteiger partial charge in [-0.1, -0.05) is 0 Å². The fourth-order valence-corrected chi connectivity index (χ4v) is 5.37. The van der Waals surface area contributed by atoms with Crippen molar-refractivity contribution in [2.45, 2.75) is 38.4 Å². The number of hydrogen-bond donors (Lipinski definition) is 2. The summed E-state index contributed by atoms with van der Waals surface area (Å²) in [7, 11) is 3.47. The van der Waals surface area contributed by atoms with Gasteiger partial charge in [0.05, 0.1) is 43.1 Å². The van der Waals surface area contributed by atoms with Gasteiger partial charge in [0.15, 0.2) is 0 Å². The van der Waals surface area contributed by atoms with Gasteiger partial charge in [0.25, 0.3) is 5.91 Å². The average Bonchev–Trinajstić information content (AvgIpc) is 3.44. The van der Waals surface area contributed by atoms with Crippen LogP contribution in [0, 0.1) is 5.82 Å². The number of aromatic nitrogens is 2. The maximum atomic E-state index is 14.8. The molecule has 2 aromatic carbocycles. The van der Waals surface area contributed by atoms with E-state index in [1.807, 2.05) is 25.1 Å². The highest BCUT2D eigenvalue weighted by Crippen LogP contribution is 2.40. The summed E-state index contributed by atoms with van der Waals surface area (Å²) in [4.78, 5) is 28.8. The van der Waals surface area contributed by atoms with Crippen LogP contribution >= 0.6 is 0 Å². The van der Waals surface area contributed by atoms with E-state index in [0.29, 0.717) is 30.8 Å². The molecule has 3 aromatic rings. The summed E-state index contributed by atoms with van der Waals surface area (Å²) in [6.07, 6.45) is 3.55. The van der Waals surface area contributed by atoms with Crippen molar-refractivity contribution in [1.29, 1.82) is 0 Å². The lowest BCUT2D eigenvalue weighted by molar-refractivity contribution is 0.0827. The van der Waals surface area contributed by atoms with Gasteiger partial charge in [-0.3, -0.25) is 9.78 Å². The third-order valence-electron chi connectivity index (χ3n) is 7.47. The van der Waals surface area contributed by atoms with Gasteiger partial charge in [-0.15, -0.1) is 0 Å². The number of aliphatic hydroxyl groups excluding tert-OH is 1. The molecule has 208 valence electrons. The molecule has 0 aliphatic carbocycles. The van der Waals surface area contributed by atoms with Crippen molar-refractivity contribution in [2.24, 2.45) is 0 Å². The van der Waals surface area contributed by atoms with Crippen molar-refractivity contribution in [3.05, 3.63) is 59.0 Å². The second kappa shape index (κ2) is 11.8. The summed E-state index contributed by atoms with van der Waals surface area (Å²) in [5.41, 5.74) is 4.53. The highest BCUT2D eigenvalue weighted by Gasteiger charge is 2.30. The zero-order chi connectivity index (χ0) is 27.5. The van der Waals surface area contributed by atoms with E-state index >= 15 is 0 Å². The molecular formula is C29H37FN6O3. The van der Waals surface area contributed by atoms with Crippen LogP contribution in [0.1, 0.15) is 47.3 Å². The largest absolute Gasteiger partial charge is 0.395 e. The normalized spacial score (nSPS) is 18.5. The monoisotopic (exact) mass is 536 g/mol. The Balaban J connectivity index is 1.56. The first kappa shape index (κ1) is 27.2. The number of nitrogens with zero attached hydrogens (tertiary/aromatic N) is 5. The number of aliphatic hydroxyl groups is 1. The molecule has 10 heteroatoms. The molecule has 2 unspecified atom stereocenters. The van der Waals surface area contributed by atoms with E-state index in [9.17, 15) is 14.3 Å². The van der Waals surface area contributed by atoms with E-state index in [2.05, 4.69) is 15.1 Å². The number of anilines is 2. The number of halogens is 1. The van der Waals surface area contributed by atoms with E-state index in [-0.39, 0.29) is 30.4 Å². The maximum Gasteiger partial charge on any atom is 0.253 e. The second-order valence-corrected chi connectivity index (χ2v) is 10.6. The molecule has 2 atom stereocenters. The molecule has 2 N–H and O–H groups in total. The topological polar surface area (TPSA) is 94.1 Å². The minimum atomic E-state index is -0.303. The van der Waals surface area contributed by atoms with Gasteiger partial charge in [0.1, 0.15) is 11.6 Å². The lowest BCUT2D eigenvalue weighted by Crippen LogP contribution is -2.36. The van der Waals surface area contributed by atoms with Gasteiger partial charge in [-0.05, 0) is 55.7 Å². The predicted molar refractivity (Wildman–Crippen MR) is 150 cm³/mol. The molecule has 2 aliphatic rings. The Kier molecular flexibility index (Phi) is 8.25. The van der Waals surface area contributed by atoms with E-state index in [1.54, 1.807) is 31.3 Å². The lowest BCUT2D eigenvalue weighted by Gasteiger charge is -2.30. The number of morpholine rings is 1. The van der Waals surface area contributed by atoms with E-state index < -0.39 is 0 Å². The van der Waals surface area contributed by atoms with Crippen LogP contribution in [0.3, 0.4) is 0 Å². The molecule has 0 spiro atoms. The smallest absolute Gasteiger partial charge is 0.253 e. The molecule has 39 heavy (non-hydrogen) atoms. The fraction of sp³-hybridized carbons (Fsp3) is 0.483. The van der Waals surface area contributed by atoms with E-state index in [4.69, 9.17) is 14.7 Å². The molecule has 2 fully saturated rings. The summed E-state index contributed by atoms with van der Waals surface area (Å²) < 4.78 is 20.3. The molecule has 0 bridgehead atoms. The molecule has 0 radical (unpaired) electrons. The van der Waals surface area contributed by atoms with Crippen LogP contribution in [-0.4, -0.2) is 85.5 Å². The molecule has 0 saturated carbocycles. The van der Waals surface area contributed by atoms with Gasteiger partial charge in [0.2, 0.25) is 0 Å². The fourth-order valence-electron chi connectivity index (χ4n) is 5.37. The molecule has 1 aromatic heterocycles. The first-order valence-corrected chi connectivity index (χ1v) is 13.6. The number of carbonyl (C=O) groups excluding carboxylic acids is 1. The molecule has 3 heterocycles. The average molecular weight is 537 g/mol. The minimum Gasteiger partial charge on any atom is -0.395 e. The lowest BCUT2D eigenvalue weighted by atomic mass is 9.98. The first-order valence-electron chi connectivity index (χ1n) is 13.6. The second-order valence-electron chi connectivity index (χ2n) is 10.6. The van der Waals surface area contributed by atoms with Gasteiger partial charge < -0.3 is 29.9 Å². The number of ether oxygens (including phenoxy) is 1. The van der Waals surface area contributed by atoms with Gasteiger partial charge >= 0.3 is 0 Å². The van der Waals surface area contributed by atoms with Crippen LogP contribution in [0.15, 0.2) is 36.5 Å². The Morgan fingerprint density at radius 3 is 2.74 bits per heavy atom. The zero-order valence-electron chi connectivity index (χ0n) is 22.9. The summed E-state index contributed by atoms with van der Waals surface area (Å²) in [6.45, 7) is 5.90. The number of carbonyl (C=O) groups is 1. The molecule has 1 amide bonds. The number of amides is 1. The van der Waals surface area contributed by atoms with Crippen molar-refractivity contribution in [1.82, 2.24) is 20.2 Å². The number of fused-ring (bicyclic) bond motifs is 1. The molecule has 9 nitrogen and oxygen atoms in total. The SMILES string of the molecule is CC(CO)NCc1cc(F)cc(N2CCCC2c2cc(C(=O)N(C)C)cc3ncc(N4CCOCC4)nc23)c1. The summed E-state index contributed by atoms with van der Waals surface area (Å²) >= 11 is 0. The van der Waals surface area contributed by atoms with Crippen molar-refractivity contribution in [2.75, 3.05) is 63.4 Å². The van der Waals surface area contributed by atoms with Crippen molar-refractivity contribution >= 4 is 28.4 Å². The molecular weight excluding hydrogens is 499 g/mol. The van der Waals surface area contributed by atoms with Crippen LogP contribution < -0.4 is 15.1 Å². The highest BCUT2D eigenvalue weighted by atomic mass is 19.1. The number of rotatable bonds is 8. The molecule has 2 saturated heterocycles. The maximum absolute atomic E-state index is 14.8. The number of benzene rings is 2. The van der Waals surface area contributed by atoms with Gasteiger partial charge in [-0.2, -0.15) is 0 Å². The van der Waals surface area contributed by atoms with Gasteiger partial charge in [-0.25, -0.2) is 9.37 Å². The number of hydrogen-bond acceptors (Lipinski definition) is 8. The first-order chi connectivity index (χ1) is 18.8. The Hall–Kier alpha value is -3.34. The van der Waals surface area contributed by atoms with Crippen LogP contribution in [0.4, 0.5) is 15.9 Å². The van der Waals surface area contributed by atoms with E-state index in [0.717, 1.165) is 60.6 Å². The van der Waals surface area contributed by atoms with Crippen LogP contribution in [-0.2, 0) is 11.3 Å². The van der Waals surface area contributed by atoms with E-state index in [1.165, 1.54) is 6.07 Å². The highest BCUT2D eigenvalue weighted by molar-refractivity contribution is 5.98. The third kappa shape index (κ3) is 5.98. The van der Waals surface area contributed by atoms with Crippen molar-refractivity contribution in [3.8, 4) is 0 Å². The zero-order valence-corrected chi connectivity index (χ0v) is 22.9. The van der Waals surface area contributed by atoms with Crippen LogP contribution in [0.2, 0.25) is 0 Å². The predicted octanol–water partition coefficient (Wildman–Crippen LogP) is 3.12. The quantitative estimate of drug-likeness (QED) is 0.454.